The molecule has 0 saturated carbocycles. The molecule has 2 N–H and O–H groups in total. The van der Waals surface area contributed by atoms with E-state index in [0.717, 1.165) is 39.0 Å². The number of piperidine rings is 1. The number of hydrogen-bond donors (Lipinski definition) is 2. The monoisotopic (exact) mass is 210 g/mol. The standard InChI is InChI=1S/C12H22N2O/c1-2-8-14-9-5-12(6-10-14)13-7-3-4-11-15/h1,12-13,15H,3-11H2. The molecule has 1 aliphatic rings. The lowest BCUT2D eigenvalue weighted by Gasteiger charge is -2.31. The van der Waals surface area contributed by atoms with Crippen LogP contribution in [0.2, 0.25) is 0 Å². The molecule has 0 bridgehead atoms. The molecule has 0 spiro atoms. The quantitative estimate of drug-likeness (QED) is 0.493. The zero-order valence-electron chi connectivity index (χ0n) is 9.41. The van der Waals surface area contributed by atoms with Crippen LogP contribution < -0.4 is 5.32 Å². The van der Waals surface area contributed by atoms with Crippen LogP contribution >= 0.6 is 0 Å². The number of aliphatic hydroxyl groups excluding tert-OH is 1. The zero-order valence-corrected chi connectivity index (χ0v) is 9.41. The van der Waals surface area contributed by atoms with Crippen molar-refractivity contribution in [3.63, 3.8) is 0 Å². The number of hydrogen-bond acceptors (Lipinski definition) is 3. The molecule has 3 nitrogen and oxygen atoms in total. The number of likely N-dealkylation sites (tertiary alicyclic amines) is 1. The third-order valence-corrected chi connectivity index (χ3v) is 2.92. The van der Waals surface area contributed by atoms with Gasteiger partial charge in [0.1, 0.15) is 0 Å². The predicted octanol–water partition coefficient (Wildman–Crippen LogP) is 0.446. The van der Waals surface area contributed by atoms with Gasteiger partial charge in [0.2, 0.25) is 0 Å². The van der Waals surface area contributed by atoms with Gasteiger partial charge in [-0.25, -0.2) is 0 Å². The average Bonchev–Trinajstić information content (AvgIpc) is 2.27. The molecule has 1 fully saturated rings. The summed E-state index contributed by atoms with van der Waals surface area (Å²) in [5, 5.41) is 12.2. The predicted molar refractivity (Wildman–Crippen MR) is 62.6 cm³/mol. The number of nitrogens with zero attached hydrogens (tertiary/aromatic N) is 1. The largest absolute Gasteiger partial charge is 0.396 e. The lowest BCUT2D eigenvalue weighted by atomic mass is 10.0. The molecular weight excluding hydrogens is 188 g/mol. The minimum atomic E-state index is 0.308. The summed E-state index contributed by atoms with van der Waals surface area (Å²) in [6.45, 7) is 4.35. The van der Waals surface area contributed by atoms with Crippen molar-refractivity contribution < 1.29 is 5.11 Å². The number of terminal acetylenes is 1. The highest BCUT2D eigenvalue weighted by atomic mass is 16.2. The summed E-state index contributed by atoms with van der Waals surface area (Å²) < 4.78 is 0. The van der Waals surface area contributed by atoms with Gasteiger partial charge in [0.05, 0.1) is 6.54 Å². The highest BCUT2D eigenvalue weighted by Gasteiger charge is 2.17. The second-order valence-corrected chi connectivity index (χ2v) is 4.14. The first-order valence-corrected chi connectivity index (χ1v) is 5.87. The molecule has 1 saturated heterocycles. The second-order valence-electron chi connectivity index (χ2n) is 4.14. The van der Waals surface area contributed by atoms with Gasteiger partial charge < -0.3 is 10.4 Å². The number of aliphatic hydroxyl groups is 1. The number of rotatable bonds is 6. The van der Waals surface area contributed by atoms with E-state index in [9.17, 15) is 0 Å². The third-order valence-electron chi connectivity index (χ3n) is 2.92. The fourth-order valence-corrected chi connectivity index (χ4v) is 1.97. The maximum atomic E-state index is 8.64. The van der Waals surface area contributed by atoms with Crippen molar-refractivity contribution in [2.45, 2.75) is 31.7 Å². The summed E-state index contributed by atoms with van der Waals surface area (Å²) >= 11 is 0. The van der Waals surface area contributed by atoms with Crippen molar-refractivity contribution in [1.82, 2.24) is 10.2 Å². The molecule has 0 unspecified atom stereocenters. The van der Waals surface area contributed by atoms with Gasteiger partial charge in [-0.2, -0.15) is 0 Å². The first kappa shape index (κ1) is 12.5. The minimum absolute atomic E-state index is 0.308. The lowest BCUT2D eigenvalue weighted by molar-refractivity contribution is 0.216. The molecule has 0 aromatic heterocycles. The molecule has 3 heteroatoms. The highest BCUT2D eigenvalue weighted by molar-refractivity contribution is 4.90. The Morgan fingerprint density at radius 2 is 2.07 bits per heavy atom. The van der Waals surface area contributed by atoms with Gasteiger partial charge in [-0.05, 0) is 32.2 Å². The van der Waals surface area contributed by atoms with Crippen LogP contribution in [0.1, 0.15) is 25.7 Å². The molecule has 0 atom stereocenters. The van der Waals surface area contributed by atoms with E-state index >= 15 is 0 Å². The fraction of sp³-hybridized carbons (Fsp3) is 0.833. The van der Waals surface area contributed by atoms with Gasteiger partial charge in [0, 0.05) is 25.7 Å². The van der Waals surface area contributed by atoms with Crippen LogP contribution in [0.4, 0.5) is 0 Å². The first-order valence-electron chi connectivity index (χ1n) is 5.87. The molecule has 1 aliphatic heterocycles. The summed E-state index contributed by atoms with van der Waals surface area (Å²) in [5.74, 6) is 2.69. The van der Waals surface area contributed by atoms with E-state index in [-0.39, 0.29) is 0 Å². The Labute approximate surface area is 92.9 Å². The van der Waals surface area contributed by atoms with E-state index in [1.54, 1.807) is 0 Å². The second kappa shape index (κ2) is 7.70. The average molecular weight is 210 g/mol. The summed E-state index contributed by atoms with van der Waals surface area (Å²) in [7, 11) is 0. The molecule has 15 heavy (non-hydrogen) atoms. The Morgan fingerprint density at radius 3 is 2.67 bits per heavy atom. The molecular formula is C12H22N2O. The topological polar surface area (TPSA) is 35.5 Å². The van der Waals surface area contributed by atoms with Crippen molar-refractivity contribution in [2.24, 2.45) is 0 Å². The van der Waals surface area contributed by atoms with Crippen LogP contribution in [-0.2, 0) is 0 Å². The normalized spacial score (nSPS) is 18.9. The summed E-state index contributed by atoms with van der Waals surface area (Å²) in [6, 6.07) is 0.651. The van der Waals surface area contributed by atoms with Gasteiger partial charge in [0.25, 0.3) is 0 Å². The van der Waals surface area contributed by atoms with E-state index in [1.807, 2.05) is 0 Å². The van der Waals surface area contributed by atoms with E-state index in [0.29, 0.717) is 12.6 Å². The maximum Gasteiger partial charge on any atom is 0.0598 e. The molecule has 0 aromatic carbocycles. The van der Waals surface area contributed by atoms with Gasteiger partial charge in [0.15, 0.2) is 0 Å². The van der Waals surface area contributed by atoms with Crippen molar-refractivity contribution in [1.29, 1.82) is 0 Å². The minimum Gasteiger partial charge on any atom is -0.396 e. The van der Waals surface area contributed by atoms with E-state index < -0.39 is 0 Å². The van der Waals surface area contributed by atoms with Crippen molar-refractivity contribution >= 4 is 0 Å². The smallest absolute Gasteiger partial charge is 0.0598 e. The molecule has 0 amide bonds. The summed E-state index contributed by atoms with van der Waals surface area (Å²) in [4.78, 5) is 2.33. The van der Waals surface area contributed by atoms with Crippen LogP contribution in [0.5, 0.6) is 0 Å². The van der Waals surface area contributed by atoms with Crippen LogP contribution in [0.3, 0.4) is 0 Å². The van der Waals surface area contributed by atoms with Crippen LogP contribution in [-0.4, -0.2) is 48.8 Å². The maximum absolute atomic E-state index is 8.64. The van der Waals surface area contributed by atoms with Gasteiger partial charge >= 0.3 is 0 Å². The molecule has 1 heterocycles. The van der Waals surface area contributed by atoms with Gasteiger partial charge in [-0.15, -0.1) is 6.42 Å². The van der Waals surface area contributed by atoms with Crippen molar-refractivity contribution in [3.8, 4) is 12.3 Å². The Kier molecular flexibility index (Phi) is 6.42. The van der Waals surface area contributed by atoms with Crippen LogP contribution in [0.15, 0.2) is 0 Å². The van der Waals surface area contributed by atoms with Gasteiger partial charge in [-0.1, -0.05) is 5.92 Å². The van der Waals surface area contributed by atoms with E-state index in [4.69, 9.17) is 11.5 Å². The Bertz CT molecular complexity index is 192. The number of nitrogens with one attached hydrogen (secondary N) is 1. The van der Waals surface area contributed by atoms with E-state index in [1.165, 1.54) is 12.8 Å². The molecule has 0 aliphatic carbocycles. The van der Waals surface area contributed by atoms with Crippen molar-refractivity contribution in [2.75, 3.05) is 32.8 Å². The highest BCUT2D eigenvalue weighted by Crippen LogP contribution is 2.09. The van der Waals surface area contributed by atoms with Crippen LogP contribution in [0.25, 0.3) is 0 Å². The summed E-state index contributed by atoms with van der Waals surface area (Å²) in [6.07, 6.45) is 9.64. The Balaban J connectivity index is 2.02. The third kappa shape index (κ3) is 5.17. The Morgan fingerprint density at radius 1 is 1.33 bits per heavy atom. The molecule has 86 valence electrons. The summed E-state index contributed by atoms with van der Waals surface area (Å²) in [5.41, 5.74) is 0. The Hall–Kier alpha value is -0.560. The lowest BCUT2D eigenvalue weighted by Crippen LogP contribution is -2.42. The van der Waals surface area contributed by atoms with Crippen molar-refractivity contribution in [3.05, 3.63) is 0 Å². The van der Waals surface area contributed by atoms with E-state index in [2.05, 4.69) is 16.1 Å². The molecule has 0 radical (unpaired) electrons. The number of unbranched alkanes of at least 4 members (excludes halogenated alkanes) is 1. The fourth-order valence-electron chi connectivity index (χ4n) is 1.97. The SMILES string of the molecule is C#CCN1CCC(NCCCCO)CC1. The van der Waals surface area contributed by atoms with Gasteiger partial charge in [-0.3, -0.25) is 4.90 Å². The zero-order chi connectivity index (χ0) is 10.9. The first-order chi connectivity index (χ1) is 7.36. The van der Waals surface area contributed by atoms with Crippen LogP contribution in [0, 0.1) is 12.3 Å². The molecule has 1 rings (SSSR count). The molecule has 0 aromatic rings.